The van der Waals surface area contributed by atoms with Crippen molar-refractivity contribution in [2.75, 3.05) is 12.4 Å². The summed E-state index contributed by atoms with van der Waals surface area (Å²) in [6.45, 7) is 5.04. The highest BCUT2D eigenvalue weighted by Crippen LogP contribution is 2.32. The van der Waals surface area contributed by atoms with Gasteiger partial charge in [0, 0.05) is 29.8 Å². The summed E-state index contributed by atoms with van der Waals surface area (Å²) in [7, 11) is 0. The third kappa shape index (κ3) is 3.19. The predicted molar refractivity (Wildman–Crippen MR) is 101 cm³/mol. The number of hydrogen-bond donors (Lipinski definition) is 0. The van der Waals surface area contributed by atoms with Crippen molar-refractivity contribution in [3.8, 4) is 11.3 Å². The summed E-state index contributed by atoms with van der Waals surface area (Å²) < 4.78 is 12.8. The molecule has 0 unspecified atom stereocenters. The molecule has 7 heteroatoms. The van der Waals surface area contributed by atoms with Crippen LogP contribution in [0.4, 0.5) is 0 Å². The van der Waals surface area contributed by atoms with Gasteiger partial charge in [-0.05, 0) is 25.0 Å². The fourth-order valence-corrected chi connectivity index (χ4v) is 5.00. The molecule has 5 nitrogen and oxygen atoms in total. The molecule has 1 aliphatic heterocycles. The Hall–Kier alpha value is -1.83. The highest BCUT2D eigenvalue weighted by molar-refractivity contribution is 7.99. The van der Waals surface area contributed by atoms with Crippen LogP contribution in [0.3, 0.4) is 0 Å². The molecule has 0 saturated carbocycles. The number of hydrogen-bond acceptors (Lipinski definition) is 6. The van der Waals surface area contributed by atoms with Gasteiger partial charge in [-0.25, -0.2) is 4.98 Å². The Morgan fingerprint density at radius 1 is 1.52 bits per heavy atom. The van der Waals surface area contributed by atoms with Gasteiger partial charge in [-0.15, -0.1) is 17.9 Å². The molecule has 25 heavy (non-hydrogen) atoms. The fraction of sp³-hybridized carbons (Fsp3) is 0.333. The standard InChI is InChI=1S/C18H18N2O3S2/c1-2-7-20-17(21)15-13(14-6-4-9-23-14)11-24-16(15)19-18(20)25-10-12-5-3-8-22-12/h2,4,6,9,11-12H,1,3,5,7-8,10H2/t12-/m0/s1. The normalized spacial score (nSPS) is 17.4. The van der Waals surface area contributed by atoms with Crippen LogP contribution in [-0.2, 0) is 11.3 Å². The van der Waals surface area contributed by atoms with Crippen LogP contribution >= 0.6 is 23.1 Å². The maximum absolute atomic E-state index is 13.1. The largest absolute Gasteiger partial charge is 0.464 e. The summed E-state index contributed by atoms with van der Waals surface area (Å²) in [6.07, 6.45) is 5.76. The lowest BCUT2D eigenvalue weighted by Crippen LogP contribution is -2.23. The zero-order valence-corrected chi connectivity index (χ0v) is 15.3. The van der Waals surface area contributed by atoms with E-state index in [2.05, 4.69) is 6.58 Å². The van der Waals surface area contributed by atoms with Gasteiger partial charge >= 0.3 is 0 Å². The topological polar surface area (TPSA) is 57.3 Å². The maximum Gasteiger partial charge on any atom is 0.263 e. The second-order valence-corrected chi connectivity index (χ2v) is 7.70. The van der Waals surface area contributed by atoms with Gasteiger partial charge in [0.1, 0.15) is 10.6 Å². The number of aromatic nitrogens is 2. The molecule has 0 spiro atoms. The lowest BCUT2D eigenvalue weighted by Gasteiger charge is -2.12. The summed E-state index contributed by atoms with van der Waals surface area (Å²) in [5.41, 5.74) is 0.753. The van der Waals surface area contributed by atoms with E-state index >= 15 is 0 Å². The zero-order valence-electron chi connectivity index (χ0n) is 13.6. The van der Waals surface area contributed by atoms with Crippen molar-refractivity contribution >= 4 is 33.3 Å². The van der Waals surface area contributed by atoms with E-state index in [-0.39, 0.29) is 11.7 Å². The smallest absolute Gasteiger partial charge is 0.263 e. The molecule has 0 bridgehead atoms. The minimum Gasteiger partial charge on any atom is -0.464 e. The van der Waals surface area contributed by atoms with Crippen LogP contribution in [0.1, 0.15) is 12.8 Å². The number of allylic oxidation sites excluding steroid dienone is 1. The van der Waals surface area contributed by atoms with Crippen LogP contribution < -0.4 is 5.56 Å². The van der Waals surface area contributed by atoms with Crippen molar-refractivity contribution < 1.29 is 9.15 Å². The highest BCUT2D eigenvalue weighted by atomic mass is 32.2. The van der Waals surface area contributed by atoms with Crippen LogP contribution in [0.15, 0.2) is 50.8 Å². The number of thiophene rings is 1. The molecule has 0 N–H and O–H groups in total. The number of rotatable bonds is 6. The Bertz CT molecular complexity index is 937. The Morgan fingerprint density at radius 3 is 3.16 bits per heavy atom. The lowest BCUT2D eigenvalue weighted by molar-refractivity contribution is 0.129. The lowest BCUT2D eigenvalue weighted by atomic mass is 10.2. The second-order valence-electron chi connectivity index (χ2n) is 5.85. The van der Waals surface area contributed by atoms with Gasteiger partial charge in [-0.2, -0.15) is 0 Å². The van der Waals surface area contributed by atoms with Crippen LogP contribution in [0.25, 0.3) is 21.5 Å². The SMILES string of the molecule is C=CCn1c(SC[C@@H]2CCCO2)nc2scc(-c3ccco3)c2c1=O. The van der Waals surface area contributed by atoms with E-state index in [1.54, 1.807) is 28.7 Å². The monoisotopic (exact) mass is 374 g/mol. The zero-order chi connectivity index (χ0) is 17.2. The van der Waals surface area contributed by atoms with E-state index in [4.69, 9.17) is 14.1 Å². The molecule has 1 aliphatic rings. The van der Waals surface area contributed by atoms with Crippen LogP contribution in [0.2, 0.25) is 0 Å². The summed E-state index contributed by atoms with van der Waals surface area (Å²) in [5.74, 6) is 1.50. The van der Waals surface area contributed by atoms with Crippen molar-refractivity contribution in [1.29, 1.82) is 0 Å². The van der Waals surface area contributed by atoms with Crippen molar-refractivity contribution in [3.05, 3.63) is 46.8 Å². The molecule has 4 rings (SSSR count). The number of ether oxygens (including phenoxy) is 1. The highest BCUT2D eigenvalue weighted by Gasteiger charge is 2.20. The molecule has 3 aromatic heterocycles. The number of fused-ring (bicyclic) bond motifs is 1. The molecule has 3 aromatic rings. The Labute approximate surface area is 153 Å². The molecule has 130 valence electrons. The summed E-state index contributed by atoms with van der Waals surface area (Å²) in [6, 6.07) is 3.68. The van der Waals surface area contributed by atoms with Gasteiger partial charge in [0.15, 0.2) is 5.16 Å². The Kier molecular flexibility index (Phi) is 4.78. The summed E-state index contributed by atoms with van der Waals surface area (Å²) in [5, 5.41) is 3.27. The number of furan rings is 1. The van der Waals surface area contributed by atoms with Gasteiger partial charge in [0.05, 0.1) is 17.8 Å². The summed E-state index contributed by atoms with van der Waals surface area (Å²) >= 11 is 3.05. The van der Waals surface area contributed by atoms with Gasteiger partial charge in [-0.1, -0.05) is 17.8 Å². The second kappa shape index (κ2) is 7.19. The summed E-state index contributed by atoms with van der Waals surface area (Å²) in [4.78, 5) is 18.6. The van der Waals surface area contributed by atoms with Crippen molar-refractivity contribution in [3.63, 3.8) is 0 Å². The van der Waals surface area contributed by atoms with Gasteiger partial charge in [0.25, 0.3) is 5.56 Å². The van der Waals surface area contributed by atoms with E-state index in [0.717, 1.165) is 40.8 Å². The van der Waals surface area contributed by atoms with Gasteiger partial charge in [-0.3, -0.25) is 9.36 Å². The first-order valence-corrected chi connectivity index (χ1v) is 10.1. The third-order valence-corrected chi connectivity index (χ3v) is 6.16. The van der Waals surface area contributed by atoms with Crippen LogP contribution in [0, 0.1) is 0 Å². The van der Waals surface area contributed by atoms with Crippen molar-refractivity contribution in [1.82, 2.24) is 9.55 Å². The average molecular weight is 374 g/mol. The minimum atomic E-state index is -0.0487. The van der Waals surface area contributed by atoms with E-state index in [0.29, 0.717) is 17.7 Å². The molecule has 0 aromatic carbocycles. The Morgan fingerprint density at radius 2 is 2.44 bits per heavy atom. The van der Waals surface area contributed by atoms with Gasteiger partial charge in [0.2, 0.25) is 0 Å². The van der Waals surface area contributed by atoms with Crippen molar-refractivity contribution in [2.45, 2.75) is 30.6 Å². The molecule has 1 atom stereocenters. The molecular weight excluding hydrogens is 356 g/mol. The molecule has 1 saturated heterocycles. The molecule has 0 amide bonds. The van der Waals surface area contributed by atoms with E-state index in [1.165, 1.54) is 11.3 Å². The predicted octanol–water partition coefficient (Wildman–Crippen LogP) is 4.18. The van der Waals surface area contributed by atoms with E-state index in [9.17, 15) is 4.79 Å². The van der Waals surface area contributed by atoms with E-state index < -0.39 is 0 Å². The van der Waals surface area contributed by atoms with E-state index in [1.807, 2.05) is 17.5 Å². The first-order valence-electron chi connectivity index (χ1n) is 8.19. The van der Waals surface area contributed by atoms with Crippen molar-refractivity contribution in [2.24, 2.45) is 0 Å². The first-order chi connectivity index (χ1) is 12.3. The molecule has 0 radical (unpaired) electrons. The number of thioether (sulfide) groups is 1. The average Bonchev–Trinajstić information content (AvgIpc) is 3.36. The molecule has 0 aliphatic carbocycles. The third-order valence-electron chi connectivity index (χ3n) is 4.18. The Balaban J connectivity index is 1.76. The molecule has 1 fully saturated rings. The first kappa shape index (κ1) is 16.6. The van der Waals surface area contributed by atoms with Crippen LogP contribution in [-0.4, -0.2) is 28.0 Å². The number of nitrogens with zero attached hydrogens (tertiary/aromatic N) is 2. The van der Waals surface area contributed by atoms with Gasteiger partial charge < -0.3 is 9.15 Å². The molecular formula is C18H18N2O3S2. The fourth-order valence-electron chi connectivity index (χ4n) is 2.96. The van der Waals surface area contributed by atoms with Crippen LogP contribution in [0.5, 0.6) is 0 Å². The minimum absolute atomic E-state index is 0.0487. The molecule has 4 heterocycles. The quantitative estimate of drug-likeness (QED) is 0.368. The maximum atomic E-state index is 13.1.